The first-order valence-electron chi connectivity index (χ1n) is 6.77. The van der Waals surface area contributed by atoms with Crippen molar-refractivity contribution in [1.82, 2.24) is 9.62 Å². The highest BCUT2D eigenvalue weighted by atomic mass is 32.2. The molecule has 0 aromatic heterocycles. The van der Waals surface area contributed by atoms with E-state index in [9.17, 15) is 0 Å². The van der Waals surface area contributed by atoms with Crippen molar-refractivity contribution in [3.05, 3.63) is 0 Å². The molecule has 0 spiro atoms. The van der Waals surface area contributed by atoms with E-state index in [-0.39, 0.29) is 0 Å². The Balaban J connectivity index is 3.20. The van der Waals surface area contributed by atoms with Crippen LogP contribution in [0.3, 0.4) is 0 Å². The van der Waals surface area contributed by atoms with E-state index < -0.39 is 0 Å². The second-order valence-corrected chi connectivity index (χ2v) is 5.58. The van der Waals surface area contributed by atoms with Crippen LogP contribution >= 0.6 is 11.9 Å². The first-order chi connectivity index (χ1) is 8.57. The summed E-state index contributed by atoms with van der Waals surface area (Å²) in [5.41, 5.74) is 0. The first-order valence-corrected chi connectivity index (χ1v) is 7.95. The summed E-state index contributed by atoms with van der Waals surface area (Å²) in [6.45, 7) is 13.4. The molecule has 0 fully saturated rings. The van der Waals surface area contributed by atoms with Crippen molar-refractivity contribution < 1.29 is 9.47 Å². The number of nitrogens with zero attached hydrogens (tertiary/aromatic N) is 1. The zero-order chi connectivity index (χ0) is 13.8. The van der Waals surface area contributed by atoms with E-state index in [4.69, 9.17) is 9.47 Å². The summed E-state index contributed by atoms with van der Waals surface area (Å²) in [6.07, 6.45) is 2.10. The molecule has 0 radical (unpaired) electrons. The molecule has 0 amide bonds. The van der Waals surface area contributed by atoms with Crippen LogP contribution in [0.1, 0.15) is 27.7 Å². The molecule has 0 aromatic carbocycles. The molecule has 0 atom stereocenters. The topological polar surface area (TPSA) is 33.7 Å². The van der Waals surface area contributed by atoms with E-state index in [1.807, 2.05) is 0 Å². The predicted molar refractivity (Wildman–Crippen MR) is 80.1 cm³/mol. The van der Waals surface area contributed by atoms with E-state index >= 15 is 0 Å². The minimum absolute atomic E-state index is 0.526. The molecular formula is C13H30N2O2S. The van der Waals surface area contributed by atoms with Crippen LogP contribution in [0.5, 0.6) is 0 Å². The van der Waals surface area contributed by atoms with Gasteiger partial charge in [0.25, 0.3) is 0 Å². The lowest BCUT2D eigenvalue weighted by molar-refractivity contribution is 0.0445. The SMILES string of the molecule is CSN(CCOCCOCCNC(C)C)C(C)C. The average molecular weight is 278 g/mol. The van der Waals surface area contributed by atoms with Gasteiger partial charge in [-0.05, 0) is 20.1 Å². The fraction of sp³-hybridized carbons (Fsp3) is 1.00. The van der Waals surface area contributed by atoms with Crippen LogP contribution in [0, 0.1) is 0 Å². The molecule has 0 rings (SSSR count). The molecule has 0 saturated carbocycles. The van der Waals surface area contributed by atoms with Crippen molar-refractivity contribution in [1.29, 1.82) is 0 Å². The monoisotopic (exact) mass is 278 g/mol. The Morgan fingerprint density at radius 3 is 2.11 bits per heavy atom. The standard InChI is InChI=1S/C13H30N2O2S/c1-12(2)14-6-8-16-10-11-17-9-7-15(18-5)13(3)4/h12-14H,6-11H2,1-5H3. The maximum absolute atomic E-state index is 5.54. The Bertz CT molecular complexity index is 180. The van der Waals surface area contributed by atoms with Gasteiger partial charge >= 0.3 is 0 Å². The first kappa shape index (κ1) is 18.2. The molecule has 0 heterocycles. The second-order valence-electron chi connectivity index (χ2n) is 4.75. The highest BCUT2D eigenvalue weighted by molar-refractivity contribution is 7.96. The van der Waals surface area contributed by atoms with Crippen molar-refractivity contribution >= 4 is 11.9 Å². The van der Waals surface area contributed by atoms with E-state index in [0.29, 0.717) is 25.3 Å². The Morgan fingerprint density at radius 2 is 1.61 bits per heavy atom. The Hall–Kier alpha value is 0.190. The number of rotatable bonds is 12. The van der Waals surface area contributed by atoms with E-state index in [1.54, 1.807) is 11.9 Å². The number of ether oxygens (including phenoxy) is 2. The molecule has 0 aromatic rings. The summed E-state index contributed by atoms with van der Waals surface area (Å²) in [6, 6.07) is 1.08. The molecule has 5 heteroatoms. The highest BCUT2D eigenvalue weighted by Crippen LogP contribution is 2.09. The van der Waals surface area contributed by atoms with Gasteiger partial charge in [0.2, 0.25) is 0 Å². The zero-order valence-electron chi connectivity index (χ0n) is 12.6. The summed E-state index contributed by atoms with van der Waals surface area (Å²) >= 11 is 1.77. The van der Waals surface area contributed by atoms with E-state index in [0.717, 1.165) is 26.3 Å². The molecule has 0 aliphatic heterocycles. The maximum Gasteiger partial charge on any atom is 0.0701 e. The van der Waals surface area contributed by atoms with Gasteiger partial charge in [-0.15, -0.1) is 0 Å². The lowest BCUT2D eigenvalue weighted by Crippen LogP contribution is -2.28. The number of hydrogen-bond acceptors (Lipinski definition) is 5. The van der Waals surface area contributed by atoms with E-state index in [1.165, 1.54) is 0 Å². The molecule has 0 saturated heterocycles. The minimum atomic E-state index is 0.526. The predicted octanol–water partition coefficient (Wildman–Crippen LogP) is 2.01. The number of hydrogen-bond donors (Lipinski definition) is 1. The summed E-state index contributed by atoms with van der Waals surface area (Å²) in [7, 11) is 0. The Morgan fingerprint density at radius 1 is 1.00 bits per heavy atom. The van der Waals surface area contributed by atoms with Gasteiger partial charge in [0.05, 0.1) is 26.4 Å². The molecule has 1 N–H and O–H groups in total. The zero-order valence-corrected chi connectivity index (χ0v) is 13.4. The summed E-state index contributed by atoms with van der Waals surface area (Å²) in [4.78, 5) is 0. The molecule has 0 aliphatic rings. The molecule has 0 bridgehead atoms. The van der Waals surface area contributed by atoms with Gasteiger partial charge in [0.15, 0.2) is 0 Å². The molecule has 0 aliphatic carbocycles. The summed E-state index contributed by atoms with van der Waals surface area (Å²) in [5, 5.41) is 3.31. The van der Waals surface area contributed by atoms with Crippen LogP contribution in [0.25, 0.3) is 0 Å². The smallest absolute Gasteiger partial charge is 0.0701 e. The van der Waals surface area contributed by atoms with Gasteiger partial charge < -0.3 is 14.8 Å². The fourth-order valence-electron chi connectivity index (χ4n) is 1.46. The third-order valence-electron chi connectivity index (χ3n) is 2.44. The third kappa shape index (κ3) is 11.3. The minimum Gasteiger partial charge on any atom is -0.378 e. The highest BCUT2D eigenvalue weighted by Gasteiger charge is 2.06. The molecule has 4 nitrogen and oxygen atoms in total. The van der Waals surface area contributed by atoms with Crippen LogP contribution in [-0.2, 0) is 9.47 Å². The van der Waals surface area contributed by atoms with Crippen LogP contribution in [-0.4, -0.2) is 62.2 Å². The van der Waals surface area contributed by atoms with E-state index in [2.05, 4.69) is 43.6 Å². The molecular weight excluding hydrogens is 248 g/mol. The molecule has 0 unspecified atom stereocenters. The van der Waals surface area contributed by atoms with Crippen molar-refractivity contribution in [2.45, 2.75) is 39.8 Å². The fourth-order valence-corrected chi connectivity index (χ4v) is 2.14. The quantitative estimate of drug-likeness (QED) is 0.436. The third-order valence-corrected chi connectivity index (χ3v) is 3.51. The summed E-state index contributed by atoms with van der Waals surface area (Å²) < 4.78 is 13.3. The lowest BCUT2D eigenvalue weighted by atomic mass is 10.4. The van der Waals surface area contributed by atoms with Crippen LogP contribution < -0.4 is 5.32 Å². The molecule has 110 valence electrons. The van der Waals surface area contributed by atoms with Gasteiger partial charge in [0.1, 0.15) is 0 Å². The van der Waals surface area contributed by atoms with Crippen molar-refractivity contribution in [3.8, 4) is 0 Å². The van der Waals surface area contributed by atoms with Gasteiger partial charge in [-0.1, -0.05) is 25.8 Å². The molecule has 18 heavy (non-hydrogen) atoms. The van der Waals surface area contributed by atoms with Gasteiger partial charge in [-0.3, -0.25) is 0 Å². The summed E-state index contributed by atoms with van der Waals surface area (Å²) in [5.74, 6) is 0. The van der Waals surface area contributed by atoms with Crippen LogP contribution in [0.2, 0.25) is 0 Å². The largest absolute Gasteiger partial charge is 0.378 e. The second kappa shape index (κ2) is 12.2. The Labute approximate surface area is 117 Å². The van der Waals surface area contributed by atoms with Crippen LogP contribution in [0.15, 0.2) is 0 Å². The van der Waals surface area contributed by atoms with Crippen LogP contribution in [0.4, 0.5) is 0 Å². The normalized spacial score (nSPS) is 12.0. The van der Waals surface area contributed by atoms with Crippen molar-refractivity contribution in [2.24, 2.45) is 0 Å². The lowest BCUT2D eigenvalue weighted by Gasteiger charge is -2.22. The maximum atomic E-state index is 5.54. The average Bonchev–Trinajstić information content (AvgIpc) is 2.31. The Kier molecular flexibility index (Phi) is 12.4. The van der Waals surface area contributed by atoms with Crippen molar-refractivity contribution in [3.63, 3.8) is 0 Å². The van der Waals surface area contributed by atoms with Gasteiger partial charge in [-0.2, -0.15) is 0 Å². The van der Waals surface area contributed by atoms with Gasteiger partial charge in [-0.25, -0.2) is 4.31 Å². The van der Waals surface area contributed by atoms with Crippen molar-refractivity contribution in [2.75, 3.05) is 45.8 Å². The number of nitrogens with one attached hydrogen (secondary N) is 1. The van der Waals surface area contributed by atoms with Gasteiger partial charge in [0, 0.05) is 25.2 Å².